The predicted octanol–water partition coefficient (Wildman–Crippen LogP) is 1.64. The largest absolute Gasteiger partial charge is 0.419 e. The maximum atomic E-state index is 13.2. The van der Waals surface area contributed by atoms with Gasteiger partial charge in [-0.2, -0.15) is 13.2 Å². The Bertz CT molecular complexity index is 533. The standard InChI is InChI=1S/C13H14F4N2O2/c14-11-2-1-8(5-10(11)13(15,16)17)12(20)19-3-4-21-9(6-18)7-19/h1-2,5,9H,3-4,6-7,18H2. The maximum Gasteiger partial charge on any atom is 0.419 e. The Labute approximate surface area is 118 Å². The zero-order valence-electron chi connectivity index (χ0n) is 11.0. The highest BCUT2D eigenvalue weighted by Crippen LogP contribution is 2.32. The molecule has 1 heterocycles. The topological polar surface area (TPSA) is 55.6 Å². The van der Waals surface area contributed by atoms with E-state index < -0.39 is 23.5 Å². The molecule has 116 valence electrons. The first-order valence-corrected chi connectivity index (χ1v) is 6.30. The zero-order chi connectivity index (χ0) is 15.6. The summed E-state index contributed by atoms with van der Waals surface area (Å²) < 4.78 is 56.4. The minimum atomic E-state index is -4.84. The third-order valence-electron chi connectivity index (χ3n) is 3.21. The van der Waals surface area contributed by atoms with Crippen LogP contribution in [0, 0.1) is 5.82 Å². The van der Waals surface area contributed by atoms with Crippen LogP contribution in [0.15, 0.2) is 18.2 Å². The monoisotopic (exact) mass is 306 g/mol. The van der Waals surface area contributed by atoms with Gasteiger partial charge < -0.3 is 15.4 Å². The fraction of sp³-hybridized carbons (Fsp3) is 0.462. The third-order valence-corrected chi connectivity index (χ3v) is 3.21. The lowest BCUT2D eigenvalue weighted by molar-refractivity contribution is -0.140. The summed E-state index contributed by atoms with van der Waals surface area (Å²) in [5, 5.41) is 0. The number of benzene rings is 1. The number of carbonyl (C=O) groups is 1. The molecular weight excluding hydrogens is 292 g/mol. The summed E-state index contributed by atoms with van der Waals surface area (Å²) >= 11 is 0. The molecule has 1 aliphatic rings. The van der Waals surface area contributed by atoms with Crippen molar-refractivity contribution in [3.8, 4) is 0 Å². The molecule has 4 nitrogen and oxygen atoms in total. The van der Waals surface area contributed by atoms with Crippen LogP contribution in [0.25, 0.3) is 0 Å². The van der Waals surface area contributed by atoms with Crippen LogP contribution >= 0.6 is 0 Å². The molecule has 0 aromatic heterocycles. The van der Waals surface area contributed by atoms with Crippen molar-refractivity contribution >= 4 is 5.91 Å². The summed E-state index contributed by atoms with van der Waals surface area (Å²) in [4.78, 5) is 13.5. The molecule has 1 saturated heterocycles. The molecule has 1 aromatic rings. The minimum absolute atomic E-state index is 0.202. The van der Waals surface area contributed by atoms with E-state index in [2.05, 4.69) is 0 Å². The van der Waals surface area contributed by atoms with Crippen molar-refractivity contribution in [2.75, 3.05) is 26.2 Å². The normalized spacial score (nSPS) is 19.7. The van der Waals surface area contributed by atoms with Crippen molar-refractivity contribution in [2.45, 2.75) is 12.3 Å². The van der Waals surface area contributed by atoms with Crippen LogP contribution in [-0.2, 0) is 10.9 Å². The van der Waals surface area contributed by atoms with Gasteiger partial charge in [0.1, 0.15) is 5.82 Å². The van der Waals surface area contributed by atoms with E-state index in [-0.39, 0.29) is 37.9 Å². The van der Waals surface area contributed by atoms with E-state index in [4.69, 9.17) is 10.5 Å². The summed E-state index contributed by atoms with van der Waals surface area (Å²) in [5.74, 6) is -2.00. The predicted molar refractivity (Wildman–Crippen MR) is 66.1 cm³/mol. The number of morpholine rings is 1. The van der Waals surface area contributed by atoms with Gasteiger partial charge in [0, 0.05) is 25.2 Å². The Kier molecular flexibility index (Phi) is 4.48. The van der Waals surface area contributed by atoms with Crippen molar-refractivity contribution in [1.29, 1.82) is 0 Å². The quantitative estimate of drug-likeness (QED) is 0.845. The van der Waals surface area contributed by atoms with Gasteiger partial charge in [0.2, 0.25) is 0 Å². The zero-order valence-corrected chi connectivity index (χ0v) is 11.0. The van der Waals surface area contributed by atoms with Crippen molar-refractivity contribution < 1.29 is 27.1 Å². The van der Waals surface area contributed by atoms with E-state index in [0.717, 1.165) is 6.07 Å². The Hall–Kier alpha value is -1.67. The number of hydrogen-bond acceptors (Lipinski definition) is 3. The average molecular weight is 306 g/mol. The van der Waals surface area contributed by atoms with Crippen molar-refractivity contribution in [3.63, 3.8) is 0 Å². The van der Waals surface area contributed by atoms with Crippen molar-refractivity contribution in [2.24, 2.45) is 5.73 Å². The first-order valence-electron chi connectivity index (χ1n) is 6.30. The van der Waals surface area contributed by atoms with Gasteiger partial charge in [-0.05, 0) is 18.2 Å². The Morgan fingerprint density at radius 3 is 2.76 bits per heavy atom. The first-order chi connectivity index (χ1) is 9.82. The molecule has 1 unspecified atom stereocenters. The van der Waals surface area contributed by atoms with Crippen LogP contribution in [0.5, 0.6) is 0 Å². The number of nitrogens with zero attached hydrogens (tertiary/aromatic N) is 1. The van der Waals surface area contributed by atoms with Crippen molar-refractivity contribution in [3.05, 3.63) is 35.1 Å². The molecule has 1 fully saturated rings. The van der Waals surface area contributed by atoms with Gasteiger partial charge >= 0.3 is 6.18 Å². The van der Waals surface area contributed by atoms with Crippen LogP contribution in [0.1, 0.15) is 15.9 Å². The van der Waals surface area contributed by atoms with Gasteiger partial charge in [0.15, 0.2) is 0 Å². The van der Waals surface area contributed by atoms with Crippen LogP contribution in [0.4, 0.5) is 17.6 Å². The van der Waals surface area contributed by atoms with E-state index in [1.807, 2.05) is 0 Å². The third kappa shape index (κ3) is 3.51. The number of carbonyl (C=O) groups excluding carboxylic acids is 1. The van der Waals surface area contributed by atoms with E-state index in [1.54, 1.807) is 0 Å². The van der Waals surface area contributed by atoms with E-state index in [1.165, 1.54) is 4.90 Å². The summed E-state index contributed by atoms with van der Waals surface area (Å²) in [6.07, 6.45) is -5.18. The van der Waals surface area contributed by atoms with Gasteiger partial charge in [0.05, 0.1) is 18.3 Å². The second-order valence-corrected chi connectivity index (χ2v) is 4.67. The molecule has 2 N–H and O–H groups in total. The molecule has 2 rings (SSSR count). The van der Waals surface area contributed by atoms with Crippen LogP contribution in [-0.4, -0.2) is 43.2 Å². The molecule has 1 aliphatic heterocycles. The molecule has 8 heteroatoms. The SMILES string of the molecule is NCC1CN(C(=O)c2ccc(F)c(C(F)(F)F)c2)CCO1. The second kappa shape index (κ2) is 5.98. The van der Waals surface area contributed by atoms with Crippen LogP contribution < -0.4 is 5.73 Å². The molecular formula is C13H14F4N2O2. The molecule has 0 radical (unpaired) electrons. The molecule has 1 aromatic carbocycles. The molecule has 0 saturated carbocycles. The number of alkyl halides is 3. The molecule has 21 heavy (non-hydrogen) atoms. The van der Waals surface area contributed by atoms with Gasteiger partial charge in [0.25, 0.3) is 5.91 Å². The summed E-state index contributed by atoms with van der Waals surface area (Å²) in [7, 11) is 0. The van der Waals surface area contributed by atoms with Crippen LogP contribution in [0.2, 0.25) is 0 Å². The summed E-state index contributed by atoms with van der Waals surface area (Å²) in [6, 6.07) is 2.22. The molecule has 1 atom stereocenters. The number of rotatable bonds is 2. The van der Waals surface area contributed by atoms with E-state index in [0.29, 0.717) is 12.1 Å². The Morgan fingerprint density at radius 2 is 2.14 bits per heavy atom. The first kappa shape index (κ1) is 15.7. The second-order valence-electron chi connectivity index (χ2n) is 4.67. The maximum absolute atomic E-state index is 13.2. The smallest absolute Gasteiger partial charge is 0.373 e. The van der Waals surface area contributed by atoms with Gasteiger partial charge in [-0.25, -0.2) is 4.39 Å². The average Bonchev–Trinajstić information content (AvgIpc) is 2.46. The summed E-state index contributed by atoms with van der Waals surface area (Å²) in [6.45, 7) is 0.935. The molecule has 0 bridgehead atoms. The lowest BCUT2D eigenvalue weighted by Crippen LogP contribution is -2.48. The van der Waals surface area contributed by atoms with Gasteiger partial charge in [-0.1, -0.05) is 0 Å². The minimum Gasteiger partial charge on any atom is -0.373 e. The highest BCUT2D eigenvalue weighted by atomic mass is 19.4. The lowest BCUT2D eigenvalue weighted by atomic mass is 10.1. The number of amides is 1. The highest BCUT2D eigenvalue weighted by molar-refractivity contribution is 5.94. The van der Waals surface area contributed by atoms with E-state index >= 15 is 0 Å². The van der Waals surface area contributed by atoms with Gasteiger partial charge in [-0.15, -0.1) is 0 Å². The molecule has 1 amide bonds. The summed E-state index contributed by atoms with van der Waals surface area (Å²) in [5.41, 5.74) is 3.79. The molecule has 0 aliphatic carbocycles. The van der Waals surface area contributed by atoms with Crippen LogP contribution in [0.3, 0.4) is 0 Å². The molecule has 0 spiro atoms. The highest BCUT2D eigenvalue weighted by Gasteiger charge is 2.35. The Morgan fingerprint density at radius 1 is 1.43 bits per heavy atom. The number of halogens is 4. The fourth-order valence-electron chi connectivity index (χ4n) is 2.10. The number of ether oxygens (including phenoxy) is 1. The van der Waals surface area contributed by atoms with Crippen molar-refractivity contribution in [1.82, 2.24) is 4.90 Å². The van der Waals surface area contributed by atoms with E-state index in [9.17, 15) is 22.4 Å². The van der Waals surface area contributed by atoms with Gasteiger partial charge in [-0.3, -0.25) is 4.79 Å². The fourth-order valence-corrected chi connectivity index (χ4v) is 2.10. The number of hydrogen-bond donors (Lipinski definition) is 1. The Balaban J connectivity index is 2.23. The number of nitrogens with two attached hydrogens (primary N) is 1. The lowest BCUT2D eigenvalue weighted by Gasteiger charge is -2.32.